The molecule has 0 amide bonds. The van der Waals surface area contributed by atoms with Gasteiger partial charge in [0.05, 0.1) is 12.2 Å². The Morgan fingerprint density at radius 3 is 2.44 bits per heavy atom. The fraction of sp³-hybridized carbons (Fsp3) is 0.625. The summed E-state index contributed by atoms with van der Waals surface area (Å²) in [6.07, 6.45) is 7.22. The van der Waals surface area contributed by atoms with E-state index in [9.17, 15) is 0 Å². The summed E-state index contributed by atoms with van der Waals surface area (Å²) in [5, 5.41) is 3.60. The van der Waals surface area contributed by atoms with Gasteiger partial charge in [-0.25, -0.2) is 0 Å². The monoisotopic (exact) mass is 245 g/mol. The van der Waals surface area contributed by atoms with Crippen LogP contribution in [-0.2, 0) is 4.74 Å². The molecular formula is C16H23NO. The molecule has 0 aliphatic heterocycles. The van der Waals surface area contributed by atoms with E-state index in [0.717, 1.165) is 12.6 Å². The van der Waals surface area contributed by atoms with Crippen LogP contribution in [0.3, 0.4) is 0 Å². The van der Waals surface area contributed by atoms with Gasteiger partial charge in [-0.15, -0.1) is 0 Å². The smallest absolute Gasteiger partial charge is 0.0953 e. The quantitative estimate of drug-likeness (QED) is 0.830. The molecule has 2 nitrogen and oxygen atoms in total. The summed E-state index contributed by atoms with van der Waals surface area (Å²) in [5.74, 6) is 0. The van der Waals surface area contributed by atoms with Crippen LogP contribution in [0.4, 0.5) is 0 Å². The van der Waals surface area contributed by atoms with Crippen molar-refractivity contribution in [1.29, 1.82) is 0 Å². The highest BCUT2D eigenvalue weighted by Gasteiger charge is 2.26. The van der Waals surface area contributed by atoms with Gasteiger partial charge < -0.3 is 10.1 Å². The van der Waals surface area contributed by atoms with E-state index in [0.29, 0.717) is 6.10 Å². The third kappa shape index (κ3) is 3.12. The molecule has 1 aromatic rings. The molecule has 1 unspecified atom stereocenters. The van der Waals surface area contributed by atoms with Gasteiger partial charge in [-0.05, 0) is 44.6 Å². The van der Waals surface area contributed by atoms with Crippen LogP contribution >= 0.6 is 0 Å². The van der Waals surface area contributed by atoms with Gasteiger partial charge in [0.15, 0.2) is 0 Å². The number of aryl methyl sites for hydroxylation is 1. The van der Waals surface area contributed by atoms with Crippen LogP contribution < -0.4 is 5.32 Å². The van der Waals surface area contributed by atoms with Crippen molar-refractivity contribution in [3.63, 3.8) is 0 Å². The second kappa shape index (κ2) is 5.41. The Morgan fingerprint density at radius 2 is 1.89 bits per heavy atom. The molecular weight excluding hydrogens is 222 g/mol. The molecule has 2 aliphatic carbocycles. The van der Waals surface area contributed by atoms with Crippen LogP contribution in [0.2, 0.25) is 0 Å². The van der Waals surface area contributed by atoms with E-state index in [4.69, 9.17) is 4.74 Å². The number of hydrogen-bond donors (Lipinski definition) is 1. The maximum absolute atomic E-state index is 6.23. The molecule has 2 aliphatic rings. The SMILES string of the molecule is Cc1ccc(C(CNC2CC2)OC2CCC2)cc1. The molecule has 0 bridgehead atoms. The molecule has 0 aromatic heterocycles. The third-order valence-corrected chi connectivity index (χ3v) is 4.03. The Morgan fingerprint density at radius 1 is 1.17 bits per heavy atom. The molecule has 2 fully saturated rings. The van der Waals surface area contributed by atoms with Gasteiger partial charge in [-0.3, -0.25) is 0 Å². The molecule has 1 N–H and O–H groups in total. The van der Waals surface area contributed by atoms with E-state index < -0.39 is 0 Å². The average molecular weight is 245 g/mol. The zero-order chi connectivity index (χ0) is 12.4. The first kappa shape index (κ1) is 12.2. The second-order valence-corrected chi connectivity index (χ2v) is 5.77. The highest BCUT2D eigenvalue weighted by atomic mass is 16.5. The minimum atomic E-state index is 0.233. The van der Waals surface area contributed by atoms with Gasteiger partial charge in [-0.2, -0.15) is 0 Å². The molecule has 1 aromatic carbocycles. The maximum Gasteiger partial charge on any atom is 0.0953 e. The van der Waals surface area contributed by atoms with Crippen molar-refractivity contribution in [3.05, 3.63) is 35.4 Å². The summed E-state index contributed by atoms with van der Waals surface area (Å²) in [6, 6.07) is 9.55. The summed E-state index contributed by atoms with van der Waals surface area (Å²) in [7, 11) is 0. The molecule has 2 heteroatoms. The van der Waals surface area contributed by atoms with E-state index in [1.807, 2.05) is 0 Å². The topological polar surface area (TPSA) is 21.3 Å². The number of ether oxygens (including phenoxy) is 1. The number of rotatable bonds is 6. The van der Waals surface area contributed by atoms with Crippen molar-refractivity contribution >= 4 is 0 Å². The summed E-state index contributed by atoms with van der Waals surface area (Å²) < 4.78 is 6.23. The first-order valence-corrected chi connectivity index (χ1v) is 7.26. The standard InChI is InChI=1S/C16H23NO/c1-12-5-7-13(8-6-12)16(11-17-14-9-10-14)18-15-3-2-4-15/h5-8,14-17H,2-4,9-11H2,1H3. The molecule has 18 heavy (non-hydrogen) atoms. The van der Waals surface area contributed by atoms with E-state index in [1.54, 1.807) is 0 Å². The van der Waals surface area contributed by atoms with E-state index in [1.165, 1.54) is 43.2 Å². The fourth-order valence-corrected chi connectivity index (χ4v) is 2.33. The minimum absolute atomic E-state index is 0.233. The first-order valence-electron chi connectivity index (χ1n) is 7.26. The van der Waals surface area contributed by atoms with Crippen LogP contribution in [0.5, 0.6) is 0 Å². The Hall–Kier alpha value is -0.860. The number of hydrogen-bond acceptors (Lipinski definition) is 2. The summed E-state index contributed by atoms with van der Waals surface area (Å²) >= 11 is 0. The Kier molecular flexibility index (Phi) is 3.67. The lowest BCUT2D eigenvalue weighted by Crippen LogP contribution is -2.31. The number of nitrogens with one attached hydrogen (secondary N) is 1. The predicted octanol–water partition coefficient (Wildman–Crippen LogP) is 3.36. The van der Waals surface area contributed by atoms with E-state index in [-0.39, 0.29) is 6.10 Å². The Bertz CT molecular complexity index is 379. The molecule has 3 rings (SSSR count). The molecule has 2 saturated carbocycles. The molecule has 0 radical (unpaired) electrons. The van der Waals surface area contributed by atoms with Crippen LogP contribution in [-0.4, -0.2) is 18.7 Å². The molecule has 98 valence electrons. The van der Waals surface area contributed by atoms with Crippen LogP contribution in [0, 0.1) is 6.92 Å². The van der Waals surface area contributed by atoms with Gasteiger partial charge in [0, 0.05) is 12.6 Å². The van der Waals surface area contributed by atoms with Crippen molar-refractivity contribution < 1.29 is 4.74 Å². The van der Waals surface area contributed by atoms with Crippen molar-refractivity contribution in [2.75, 3.05) is 6.54 Å². The largest absolute Gasteiger partial charge is 0.369 e. The lowest BCUT2D eigenvalue weighted by molar-refractivity contribution is -0.0520. The van der Waals surface area contributed by atoms with Crippen LogP contribution in [0.15, 0.2) is 24.3 Å². The lowest BCUT2D eigenvalue weighted by atomic mass is 9.95. The summed E-state index contributed by atoms with van der Waals surface area (Å²) in [4.78, 5) is 0. The van der Waals surface area contributed by atoms with Crippen molar-refractivity contribution in [2.45, 2.75) is 57.3 Å². The zero-order valence-corrected chi connectivity index (χ0v) is 11.2. The minimum Gasteiger partial charge on any atom is -0.369 e. The van der Waals surface area contributed by atoms with E-state index in [2.05, 4.69) is 36.5 Å². The molecule has 0 saturated heterocycles. The Balaban J connectivity index is 1.63. The highest BCUT2D eigenvalue weighted by molar-refractivity contribution is 5.23. The van der Waals surface area contributed by atoms with E-state index >= 15 is 0 Å². The third-order valence-electron chi connectivity index (χ3n) is 4.03. The average Bonchev–Trinajstić information content (AvgIpc) is 3.12. The van der Waals surface area contributed by atoms with Gasteiger partial charge in [0.2, 0.25) is 0 Å². The maximum atomic E-state index is 6.23. The number of benzene rings is 1. The predicted molar refractivity (Wildman–Crippen MR) is 73.7 cm³/mol. The zero-order valence-electron chi connectivity index (χ0n) is 11.2. The van der Waals surface area contributed by atoms with Crippen LogP contribution in [0.25, 0.3) is 0 Å². The van der Waals surface area contributed by atoms with Crippen molar-refractivity contribution in [1.82, 2.24) is 5.32 Å². The summed E-state index contributed by atoms with van der Waals surface area (Å²) in [5.41, 5.74) is 2.64. The Labute approximate surface area is 110 Å². The molecule has 1 atom stereocenters. The van der Waals surface area contributed by atoms with Gasteiger partial charge >= 0.3 is 0 Å². The van der Waals surface area contributed by atoms with Gasteiger partial charge in [0.25, 0.3) is 0 Å². The van der Waals surface area contributed by atoms with Crippen molar-refractivity contribution in [2.24, 2.45) is 0 Å². The van der Waals surface area contributed by atoms with Crippen LogP contribution in [0.1, 0.15) is 49.3 Å². The lowest BCUT2D eigenvalue weighted by Gasteiger charge is -2.31. The fourth-order valence-electron chi connectivity index (χ4n) is 2.33. The second-order valence-electron chi connectivity index (χ2n) is 5.77. The normalized spacial score (nSPS) is 21.6. The van der Waals surface area contributed by atoms with Crippen molar-refractivity contribution in [3.8, 4) is 0 Å². The van der Waals surface area contributed by atoms with Gasteiger partial charge in [0.1, 0.15) is 0 Å². The van der Waals surface area contributed by atoms with Gasteiger partial charge in [-0.1, -0.05) is 29.8 Å². The molecule has 0 heterocycles. The summed E-state index contributed by atoms with van der Waals surface area (Å²) in [6.45, 7) is 3.10. The first-order chi connectivity index (χ1) is 8.81. The molecule has 0 spiro atoms. The highest BCUT2D eigenvalue weighted by Crippen LogP contribution is 2.29.